The van der Waals surface area contributed by atoms with Crippen LogP contribution in [0.2, 0.25) is 0 Å². The molecule has 0 amide bonds. The summed E-state index contributed by atoms with van der Waals surface area (Å²) in [4.78, 5) is 11.0. The highest BCUT2D eigenvalue weighted by molar-refractivity contribution is 7.92. The predicted molar refractivity (Wildman–Crippen MR) is 104 cm³/mol. The maximum absolute atomic E-state index is 12.5. The fourth-order valence-electron chi connectivity index (χ4n) is 2.45. The van der Waals surface area contributed by atoms with Gasteiger partial charge in [0, 0.05) is 5.69 Å². The third-order valence-electron chi connectivity index (χ3n) is 3.79. The fourth-order valence-corrected chi connectivity index (χ4v) is 3.50. The van der Waals surface area contributed by atoms with Crippen molar-refractivity contribution in [2.45, 2.75) is 4.90 Å². The summed E-state index contributed by atoms with van der Waals surface area (Å²) in [6, 6.07) is 18.5. The molecule has 2 N–H and O–H groups in total. The SMILES string of the molecule is COc1ccccc1Oc1ccc(S(=O)(=O)Nc2cccc(C(=O)O)c2)cc1. The Balaban J connectivity index is 1.78. The van der Waals surface area contributed by atoms with Gasteiger partial charge in [-0.3, -0.25) is 4.72 Å². The molecule has 0 aliphatic carbocycles. The van der Waals surface area contributed by atoms with E-state index in [4.69, 9.17) is 14.6 Å². The molecule has 7 nitrogen and oxygen atoms in total. The third kappa shape index (κ3) is 4.41. The number of carbonyl (C=O) groups is 1. The number of nitrogens with one attached hydrogen (secondary N) is 1. The highest BCUT2D eigenvalue weighted by Crippen LogP contribution is 2.31. The second kappa shape index (κ2) is 8.01. The second-order valence-corrected chi connectivity index (χ2v) is 7.40. The molecule has 0 atom stereocenters. The number of carboxylic acids is 1. The summed E-state index contributed by atoms with van der Waals surface area (Å²) in [5, 5.41) is 9.01. The third-order valence-corrected chi connectivity index (χ3v) is 5.19. The van der Waals surface area contributed by atoms with Gasteiger partial charge in [-0.2, -0.15) is 0 Å². The van der Waals surface area contributed by atoms with E-state index >= 15 is 0 Å². The van der Waals surface area contributed by atoms with Crippen LogP contribution >= 0.6 is 0 Å². The lowest BCUT2D eigenvalue weighted by atomic mass is 10.2. The van der Waals surface area contributed by atoms with Crippen LogP contribution in [0.4, 0.5) is 5.69 Å². The van der Waals surface area contributed by atoms with Crippen LogP contribution in [0.25, 0.3) is 0 Å². The molecule has 3 aromatic rings. The Labute approximate surface area is 162 Å². The number of methoxy groups -OCH3 is 1. The Morgan fingerprint density at radius 2 is 1.61 bits per heavy atom. The zero-order valence-corrected chi connectivity index (χ0v) is 15.6. The van der Waals surface area contributed by atoms with Gasteiger partial charge in [0.25, 0.3) is 10.0 Å². The maximum atomic E-state index is 12.5. The summed E-state index contributed by atoms with van der Waals surface area (Å²) in [5.74, 6) is 0.360. The van der Waals surface area contributed by atoms with Gasteiger partial charge in [0.1, 0.15) is 5.75 Å². The molecule has 8 heteroatoms. The van der Waals surface area contributed by atoms with Crippen molar-refractivity contribution in [3.63, 3.8) is 0 Å². The van der Waals surface area contributed by atoms with Gasteiger partial charge in [-0.1, -0.05) is 18.2 Å². The van der Waals surface area contributed by atoms with Gasteiger partial charge in [-0.25, -0.2) is 13.2 Å². The molecule has 144 valence electrons. The standard InChI is InChI=1S/C20H17NO6S/c1-26-18-7-2-3-8-19(18)27-16-9-11-17(12-10-16)28(24,25)21-15-6-4-5-14(13-15)20(22)23/h2-13,21H,1H3,(H,22,23). The first-order valence-electron chi connectivity index (χ1n) is 8.16. The molecule has 0 aliphatic rings. The van der Waals surface area contributed by atoms with Crippen molar-refractivity contribution in [1.82, 2.24) is 0 Å². The normalized spacial score (nSPS) is 10.9. The van der Waals surface area contributed by atoms with Crippen molar-refractivity contribution in [3.05, 3.63) is 78.4 Å². The van der Waals surface area contributed by atoms with Gasteiger partial charge in [0.2, 0.25) is 0 Å². The number of benzene rings is 3. The van der Waals surface area contributed by atoms with Gasteiger partial charge in [-0.05, 0) is 54.6 Å². The molecule has 0 fully saturated rings. The molecule has 0 heterocycles. The predicted octanol–water partition coefficient (Wildman–Crippen LogP) is 3.99. The number of para-hydroxylation sites is 2. The van der Waals surface area contributed by atoms with Crippen molar-refractivity contribution in [1.29, 1.82) is 0 Å². The number of hydrogen-bond donors (Lipinski definition) is 2. The molecule has 0 unspecified atom stereocenters. The number of rotatable bonds is 7. The van der Waals surface area contributed by atoms with Gasteiger partial charge < -0.3 is 14.6 Å². The van der Waals surface area contributed by atoms with E-state index in [1.54, 1.807) is 18.2 Å². The van der Waals surface area contributed by atoms with Gasteiger partial charge in [-0.15, -0.1) is 0 Å². The summed E-state index contributed by atoms with van der Waals surface area (Å²) in [7, 11) is -2.35. The van der Waals surface area contributed by atoms with E-state index in [1.165, 1.54) is 55.6 Å². The smallest absolute Gasteiger partial charge is 0.335 e. The minimum absolute atomic E-state index is 0.0132. The summed E-state index contributed by atoms with van der Waals surface area (Å²) >= 11 is 0. The average Bonchev–Trinajstić information content (AvgIpc) is 2.68. The molecule has 0 spiro atoms. The van der Waals surface area contributed by atoms with Crippen LogP contribution in [0, 0.1) is 0 Å². The van der Waals surface area contributed by atoms with Crippen molar-refractivity contribution < 1.29 is 27.8 Å². The van der Waals surface area contributed by atoms with E-state index in [0.717, 1.165) is 0 Å². The molecule has 3 rings (SSSR count). The molecule has 0 aromatic heterocycles. The molecule has 3 aromatic carbocycles. The van der Waals surface area contributed by atoms with Crippen LogP contribution in [0.5, 0.6) is 17.2 Å². The summed E-state index contributed by atoms with van der Waals surface area (Å²) < 4.78 is 38.4. The van der Waals surface area contributed by atoms with Gasteiger partial charge in [0.05, 0.1) is 17.6 Å². The zero-order chi connectivity index (χ0) is 20.1. The number of anilines is 1. The topological polar surface area (TPSA) is 102 Å². The first kappa shape index (κ1) is 19.2. The lowest BCUT2D eigenvalue weighted by molar-refractivity contribution is 0.0697. The minimum Gasteiger partial charge on any atom is -0.493 e. The molecule has 0 aliphatic heterocycles. The summed E-state index contributed by atoms with van der Waals surface area (Å²) in [6.07, 6.45) is 0. The lowest BCUT2D eigenvalue weighted by Gasteiger charge is -2.11. The van der Waals surface area contributed by atoms with E-state index in [1.807, 2.05) is 6.07 Å². The number of aromatic carboxylic acids is 1. The van der Waals surface area contributed by atoms with Crippen LogP contribution < -0.4 is 14.2 Å². The molecule has 0 saturated heterocycles. The maximum Gasteiger partial charge on any atom is 0.335 e. The van der Waals surface area contributed by atoms with E-state index in [0.29, 0.717) is 17.2 Å². The Morgan fingerprint density at radius 3 is 2.25 bits per heavy atom. The van der Waals surface area contributed by atoms with Crippen molar-refractivity contribution >= 4 is 21.7 Å². The number of ether oxygens (including phenoxy) is 2. The second-order valence-electron chi connectivity index (χ2n) is 5.72. The van der Waals surface area contributed by atoms with E-state index in [-0.39, 0.29) is 16.1 Å². The Bertz CT molecular complexity index is 1090. The Morgan fingerprint density at radius 1 is 0.929 bits per heavy atom. The van der Waals surface area contributed by atoms with Gasteiger partial charge in [0.15, 0.2) is 11.5 Å². The Hall–Kier alpha value is -3.52. The van der Waals surface area contributed by atoms with Crippen LogP contribution in [0.3, 0.4) is 0 Å². The van der Waals surface area contributed by atoms with E-state index < -0.39 is 16.0 Å². The number of sulfonamides is 1. The first-order valence-corrected chi connectivity index (χ1v) is 9.64. The fraction of sp³-hybridized carbons (Fsp3) is 0.0500. The molecule has 0 radical (unpaired) electrons. The van der Waals surface area contributed by atoms with Crippen molar-refractivity contribution in [2.75, 3.05) is 11.8 Å². The Kier molecular flexibility index (Phi) is 5.51. The van der Waals surface area contributed by atoms with Crippen molar-refractivity contribution in [2.24, 2.45) is 0 Å². The summed E-state index contributed by atoms with van der Waals surface area (Å²) in [5.41, 5.74) is 0.148. The number of carboxylic acid groups (broad SMARTS) is 1. The van der Waals surface area contributed by atoms with Crippen LogP contribution in [-0.4, -0.2) is 26.6 Å². The van der Waals surface area contributed by atoms with Gasteiger partial charge >= 0.3 is 5.97 Å². The van der Waals surface area contributed by atoms with Crippen LogP contribution in [0.15, 0.2) is 77.7 Å². The van der Waals surface area contributed by atoms with E-state index in [9.17, 15) is 13.2 Å². The monoisotopic (exact) mass is 399 g/mol. The zero-order valence-electron chi connectivity index (χ0n) is 14.8. The minimum atomic E-state index is -3.88. The highest BCUT2D eigenvalue weighted by atomic mass is 32.2. The van der Waals surface area contributed by atoms with Crippen molar-refractivity contribution in [3.8, 4) is 17.2 Å². The summed E-state index contributed by atoms with van der Waals surface area (Å²) in [6.45, 7) is 0. The highest BCUT2D eigenvalue weighted by Gasteiger charge is 2.15. The largest absolute Gasteiger partial charge is 0.493 e. The molecular weight excluding hydrogens is 382 g/mol. The first-order chi connectivity index (χ1) is 13.4. The van der Waals surface area contributed by atoms with Crippen LogP contribution in [0.1, 0.15) is 10.4 Å². The van der Waals surface area contributed by atoms with Crippen LogP contribution in [-0.2, 0) is 10.0 Å². The average molecular weight is 399 g/mol. The van der Waals surface area contributed by atoms with E-state index in [2.05, 4.69) is 4.72 Å². The number of hydrogen-bond acceptors (Lipinski definition) is 5. The lowest BCUT2D eigenvalue weighted by Crippen LogP contribution is -2.13. The molecular formula is C20H17NO6S. The molecule has 28 heavy (non-hydrogen) atoms. The molecule has 0 saturated carbocycles. The molecule has 0 bridgehead atoms. The quantitative estimate of drug-likeness (QED) is 0.623.